The maximum atomic E-state index is 12.0. The molecule has 1 aliphatic rings. The van der Waals surface area contributed by atoms with Gasteiger partial charge in [0.2, 0.25) is 10.0 Å². The van der Waals surface area contributed by atoms with Crippen molar-refractivity contribution in [2.45, 2.75) is 32.2 Å². The third-order valence-electron chi connectivity index (χ3n) is 5.14. The number of hydrogen-bond donors (Lipinski definition) is 1. The van der Waals surface area contributed by atoms with Crippen molar-refractivity contribution in [2.24, 2.45) is 0 Å². The Bertz CT molecular complexity index is 1080. The molecule has 0 aliphatic carbocycles. The number of fused-ring (bicyclic) bond motifs is 1. The van der Waals surface area contributed by atoms with Crippen LogP contribution in [-0.4, -0.2) is 51.7 Å². The number of sulfonamides is 1. The highest BCUT2D eigenvalue weighted by Gasteiger charge is 2.28. The highest BCUT2D eigenvalue weighted by Crippen LogP contribution is 2.29. The van der Waals surface area contributed by atoms with Crippen LogP contribution in [0.4, 0.5) is 5.82 Å². The lowest BCUT2D eigenvalue weighted by Gasteiger charge is -2.30. The van der Waals surface area contributed by atoms with E-state index in [0.29, 0.717) is 19.6 Å². The minimum atomic E-state index is -3.20. The monoisotopic (exact) mass is 400 g/mol. The van der Waals surface area contributed by atoms with Crippen molar-refractivity contribution in [3.8, 4) is 0 Å². The van der Waals surface area contributed by atoms with Crippen molar-refractivity contribution >= 4 is 21.5 Å². The van der Waals surface area contributed by atoms with Crippen molar-refractivity contribution in [3.05, 3.63) is 53.6 Å². The fourth-order valence-electron chi connectivity index (χ4n) is 3.61. The molecule has 0 saturated carbocycles. The van der Waals surface area contributed by atoms with E-state index in [1.165, 1.54) is 6.26 Å². The van der Waals surface area contributed by atoms with Crippen LogP contribution in [0.3, 0.4) is 0 Å². The Hall–Kier alpha value is -2.52. The van der Waals surface area contributed by atoms with E-state index >= 15 is 0 Å². The Balaban J connectivity index is 1.66. The summed E-state index contributed by atoms with van der Waals surface area (Å²) in [6.07, 6.45) is 8.40. The van der Waals surface area contributed by atoms with Crippen molar-refractivity contribution < 1.29 is 8.42 Å². The molecular formula is C19H24N6O2S. The molecule has 9 heteroatoms. The predicted molar refractivity (Wildman–Crippen MR) is 108 cm³/mol. The first-order valence-corrected chi connectivity index (χ1v) is 11.2. The van der Waals surface area contributed by atoms with Crippen molar-refractivity contribution in [1.82, 2.24) is 23.9 Å². The average molecular weight is 401 g/mol. The summed E-state index contributed by atoms with van der Waals surface area (Å²) >= 11 is 0. The van der Waals surface area contributed by atoms with Gasteiger partial charge < -0.3 is 5.32 Å². The summed E-state index contributed by atoms with van der Waals surface area (Å²) in [5.74, 6) is 0.912. The Labute approximate surface area is 164 Å². The molecule has 8 nitrogen and oxygen atoms in total. The Kier molecular flexibility index (Phi) is 5.03. The largest absolute Gasteiger partial charge is 0.366 e. The minimum absolute atomic E-state index is 0.0710. The maximum Gasteiger partial charge on any atom is 0.211 e. The normalized spacial score (nSPS) is 18.4. The molecule has 0 amide bonds. The number of piperidine rings is 1. The summed E-state index contributed by atoms with van der Waals surface area (Å²) in [6, 6.07) is 5.91. The average Bonchev–Trinajstić information content (AvgIpc) is 3.07. The lowest BCUT2D eigenvalue weighted by Crippen LogP contribution is -2.38. The minimum Gasteiger partial charge on any atom is -0.366 e. The molecular weight excluding hydrogens is 376 g/mol. The SMILES string of the molecule is Cc1cnn2c(NCc3cccnc3)cc(C3CCCN(S(C)(=O)=O)C3)nc12. The van der Waals surface area contributed by atoms with Crippen LogP contribution in [0.25, 0.3) is 5.65 Å². The first-order chi connectivity index (χ1) is 13.4. The molecule has 3 aromatic rings. The van der Waals surface area contributed by atoms with Gasteiger partial charge in [-0.15, -0.1) is 0 Å². The van der Waals surface area contributed by atoms with Crippen LogP contribution in [0.2, 0.25) is 0 Å². The molecule has 4 rings (SSSR count). The van der Waals surface area contributed by atoms with Gasteiger partial charge in [-0.05, 0) is 31.4 Å². The van der Waals surface area contributed by atoms with E-state index in [4.69, 9.17) is 4.98 Å². The third-order valence-corrected chi connectivity index (χ3v) is 6.41. The summed E-state index contributed by atoms with van der Waals surface area (Å²) in [5.41, 5.74) is 3.75. The molecule has 1 saturated heterocycles. The molecule has 0 spiro atoms. The molecule has 1 unspecified atom stereocenters. The highest BCUT2D eigenvalue weighted by molar-refractivity contribution is 7.88. The number of aryl methyl sites for hydroxylation is 1. The molecule has 4 heterocycles. The predicted octanol–water partition coefficient (Wildman–Crippen LogP) is 2.18. The van der Waals surface area contributed by atoms with Gasteiger partial charge in [-0.3, -0.25) is 4.98 Å². The first-order valence-electron chi connectivity index (χ1n) is 9.35. The second kappa shape index (κ2) is 7.48. The van der Waals surface area contributed by atoms with Gasteiger partial charge in [0.15, 0.2) is 5.65 Å². The van der Waals surface area contributed by atoms with E-state index in [9.17, 15) is 8.42 Å². The Morgan fingerprint density at radius 3 is 2.93 bits per heavy atom. The second-order valence-electron chi connectivity index (χ2n) is 7.30. The molecule has 1 aliphatic heterocycles. The van der Waals surface area contributed by atoms with Crippen molar-refractivity contribution in [3.63, 3.8) is 0 Å². The summed E-state index contributed by atoms with van der Waals surface area (Å²) in [6.45, 7) is 3.64. The summed E-state index contributed by atoms with van der Waals surface area (Å²) in [4.78, 5) is 8.97. The van der Waals surface area contributed by atoms with Crippen LogP contribution in [0.15, 0.2) is 36.8 Å². The molecule has 1 fully saturated rings. The zero-order chi connectivity index (χ0) is 19.7. The fraction of sp³-hybridized carbons (Fsp3) is 0.421. The third kappa shape index (κ3) is 3.85. The number of rotatable bonds is 5. The fourth-order valence-corrected chi connectivity index (χ4v) is 4.52. The zero-order valence-corrected chi connectivity index (χ0v) is 16.9. The standard InChI is InChI=1S/C19H24N6O2S/c1-14-10-22-25-18(21-12-15-5-3-7-20-11-15)9-17(23-19(14)25)16-6-4-8-24(13-16)28(2,26)27/h3,5,7,9-11,16,21H,4,6,8,12-13H2,1-2H3. The number of aromatic nitrogens is 4. The van der Waals surface area contributed by atoms with Crippen LogP contribution < -0.4 is 5.32 Å². The molecule has 0 radical (unpaired) electrons. The van der Waals surface area contributed by atoms with E-state index in [1.807, 2.05) is 31.3 Å². The van der Waals surface area contributed by atoms with Crippen LogP contribution >= 0.6 is 0 Å². The number of anilines is 1. The van der Waals surface area contributed by atoms with Gasteiger partial charge in [0.05, 0.1) is 18.1 Å². The zero-order valence-electron chi connectivity index (χ0n) is 16.0. The topological polar surface area (TPSA) is 92.5 Å². The van der Waals surface area contributed by atoms with E-state index in [-0.39, 0.29) is 5.92 Å². The number of nitrogens with zero attached hydrogens (tertiary/aromatic N) is 5. The van der Waals surface area contributed by atoms with Crippen molar-refractivity contribution in [1.29, 1.82) is 0 Å². The van der Waals surface area contributed by atoms with Crippen LogP contribution in [0, 0.1) is 6.92 Å². The molecule has 148 valence electrons. The Morgan fingerprint density at radius 2 is 2.18 bits per heavy atom. The second-order valence-corrected chi connectivity index (χ2v) is 9.29. The van der Waals surface area contributed by atoms with Gasteiger partial charge in [-0.2, -0.15) is 9.61 Å². The van der Waals surface area contributed by atoms with Crippen LogP contribution in [0.1, 0.15) is 35.6 Å². The van der Waals surface area contributed by atoms with Gasteiger partial charge >= 0.3 is 0 Å². The number of pyridine rings is 1. The molecule has 3 aromatic heterocycles. The number of nitrogens with one attached hydrogen (secondary N) is 1. The highest BCUT2D eigenvalue weighted by atomic mass is 32.2. The summed E-state index contributed by atoms with van der Waals surface area (Å²) in [5, 5.41) is 7.87. The smallest absolute Gasteiger partial charge is 0.211 e. The molecule has 1 atom stereocenters. The molecule has 0 aromatic carbocycles. The van der Waals surface area contributed by atoms with E-state index in [1.54, 1.807) is 21.2 Å². The maximum absolute atomic E-state index is 12.0. The van der Waals surface area contributed by atoms with Gasteiger partial charge in [0.25, 0.3) is 0 Å². The molecule has 0 bridgehead atoms. The van der Waals surface area contributed by atoms with Crippen LogP contribution in [0.5, 0.6) is 0 Å². The molecule has 28 heavy (non-hydrogen) atoms. The molecule has 1 N–H and O–H groups in total. The lowest BCUT2D eigenvalue weighted by atomic mass is 9.96. The van der Waals surface area contributed by atoms with E-state index in [0.717, 1.165) is 41.1 Å². The quantitative estimate of drug-likeness (QED) is 0.706. The van der Waals surface area contributed by atoms with Gasteiger partial charge in [0.1, 0.15) is 5.82 Å². The van der Waals surface area contributed by atoms with Gasteiger partial charge in [-0.25, -0.2) is 17.7 Å². The van der Waals surface area contributed by atoms with Gasteiger partial charge in [-0.1, -0.05) is 6.07 Å². The van der Waals surface area contributed by atoms with E-state index < -0.39 is 10.0 Å². The number of hydrogen-bond acceptors (Lipinski definition) is 6. The van der Waals surface area contributed by atoms with Gasteiger partial charge in [0, 0.05) is 49.6 Å². The van der Waals surface area contributed by atoms with Crippen LogP contribution in [-0.2, 0) is 16.6 Å². The first kappa shape index (κ1) is 18.8. The van der Waals surface area contributed by atoms with Crippen molar-refractivity contribution in [2.75, 3.05) is 24.7 Å². The summed E-state index contributed by atoms with van der Waals surface area (Å²) < 4.78 is 27.3. The van der Waals surface area contributed by atoms with E-state index in [2.05, 4.69) is 15.4 Å². The summed E-state index contributed by atoms with van der Waals surface area (Å²) in [7, 11) is -3.20. The lowest BCUT2D eigenvalue weighted by molar-refractivity contribution is 0.314. The Morgan fingerprint density at radius 1 is 1.32 bits per heavy atom.